The summed E-state index contributed by atoms with van der Waals surface area (Å²) < 4.78 is 5.21. The van der Waals surface area contributed by atoms with Gasteiger partial charge < -0.3 is 10.1 Å². The molecule has 0 heterocycles. The van der Waals surface area contributed by atoms with Gasteiger partial charge in [-0.1, -0.05) is 12.2 Å². The van der Waals surface area contributed by atoms with Crippen LogP contribution in [0.15, 0.2) is 12.2 Å². The zero-order chi connectivity index (χ0) is 11.4. The number of hydrogen-bond acceptors (Lipinski definition) is 2. The molecule has 0 aromatic carbocycles. The SMILES string of the molecule is CCNC(=O)OC[C@H]1[C@@H]2CC/C=C/CC[C@@H]21. The summed E-state index contributed by atoms with van der Waals surface area (Å²) in [6.45, 7) is 3.15. The van der Waals surface area contributed by atoms with Gasteiger partial charge in [-0.15, -0.1) is 0 Å². The van der Waals surface area contributed by atoms with Crippen molar-refractivity contribution in [2.75, 3.05) is 13.2 Å². The standard InChI is InChI=1S/C13H21NO2/c1-2-14-13(15)16-9-12-10-7-5-3-4-6-8-11(10)12/h3-4,10-12H,2,5-9H2,1H3,(H,14,15)/b4-3+/t10-,11+,12+. The van der Waals surface area contributed by atoms with E-state index in [1.807, 2.05) is 6.92 Å². The summed E-state index contributed by atoms with van der Waals surface area (Å²) in [6.07, 6.45) is 9.24. The number of ether oxygens (including phenoxy) is 1. The van der Waals surface area contributed by atoms with E-state index in [2.05, 4.69) is 17.5 Å². The van der Waals surface area contributed by atoms with Gasteiger partial charge in [0, 0.05) is 6.54 Å². The Morgan fingerprint density at radius 2 is 1.94 bits per heavy atom. The van der Waals surface area contributed by atoms with Gasteiger partial charge in [-0.25, -0.2) is 4.79 Å². The molecule has 0 aromatic rings. The van der Waals surface area contributed by atoms with E-state index in [0.717, 1.165) is 11.8 Å². The first-order chi connectivity index (χ1) is 7.83. The average Bonchev–Trinajstić information content (AvgIpc) is 2.86. The smallest absolute Gasteiger partial charge is 0.407 e. The molecule has 0 aliphatic heterocycles. The molecule has 0 radical (unpaired) electrons. The van der Waals surface area contributed by atoms with Gasteiger partial charge in [-0.3, -0.25) is 0 Å². The second-order valence-corrected chi connectivity index (χ2v) is 4.75. The number of rotatable bonds is 3. The molecule has 3 heteroatoms. The first kappa shape index (κ1) is 11.5. The Balaban J connectivity index is 1.70. The monoisotopic (exact) mass is 223 g/mol. The van der Waals surface area contributed by atoms with E-state index in [9.17, 15) is 4.79 Å². The lowest BCUT2D eigenvalue weighted by Gasteiger charge is -2.04. The largest absolute Gasteiger partial charge is 0.449 e. The number of carbonyl (C=O) groups excluding carboxylic acids is 1. The molecule has 1 saturated carbocycles. The third kappa shape index (κ3) is 2.77. The van der Waals surface area contributed by atoms with Crippen LogP contribution in [-0.4, -0.2) is 19.2 Å². The summed E-state index contributed by atoms with van der Waals surface area (Å²) >= 11 is 0. The van der Waals surface area contributed by atoms with Crippen molar-refractivity contribution in [2.24, 2.45) is 17.8 Å². The minimum Gasteiger partial charge on any atom is -0.449 e. The van der Waals surface area contributed by atoms with Crippen molar-refractivity contribution in [3.8, 4) is 0 Å². The van der Waals surface area contributed by atoms with Gasteiger partial charge in [0.25, 0.3) is 0 Å². The highest BCUT2D eigenvalue weighted by Crippen LogP contribution is 2.52. The highest BCUT2D eigenvalue weighted by molar-refractivity contribution is 5.66. The van der Waals surface area contributed by atoms with Crippen molar-refractivity contribution in [1.29, 1.82) is 0 Å². The van der Waals surface area contributed by atoms with Crippen molar-refractivity contribution >= 4 is 6.09 Å². The van der Waals surface area contributed by atoms with Crippen LogP contribution < -0.4 is 5.32 Å². The molecule has 0 bridgehead atoms. The van der Waals surface area contributed by atoms with Crippen LogP contribution in [0.1, 0.15) is 32.6 Å². The molecule has 0 saturated heterocycles. The van der Waals surface area contributed by atoms with E-state index < -0.39 is 0 Å². The molecular weight excluding hydrogens is 202 g/mol. The first-order valence-electron chi connectivity index (χ1n) is 6.38. The molecule has 2 aliphatic rings. The third-order valence-corrected chi connectivity index (χ3v) is 3.74. The third-order valence-electron chi connectivity index (χ3n) is 3.74. The van der Waals surface area contributed by atoms with Gasteiger partial charge in [-0.05, 0) is 50.4 Å². The number of nitrogens with one attached hydrogen (secondary N) is 1. The van der Waals surface area contributed by atoms with Crippen LogP contribution in [0.3, 0.4) is 0 Å². The summed E-state index contributed by atoms with van der Waals surface area (Å²) in [4.78, 5) is 11.2. The molecule has 2 rings (SSSR count). The number of carbonyl (C=O) groups is 1. The van der Waals surface area contributed by atoms with Crippen LogP contribution in [0.2, 0.25) is 0 Å². The number of allylic oxidation sites excluding steroid dienone is 2. The zero-order valence-electron chi connectivity index (χ0n) is 9.95. The normalized spacial score (nSPS) is 34.2. The molecule has 16 heavy (non-hydrogen) atoms. The molecule has 3 nitrogen and oxygen atoms in total. The molecular formula is C13H21NO2. The van der Waals surface area contributed by atoms with Gasteiger partial charge in [0.1, 0.15) is 0 Å². The van der Waals surface area contributed by atoms with Crippen molar-refractivity contribution in [3.63, 3.8) is 0 Å². The predicted molar refractivity (Wildman–Crippen MR) is 63.1 cm³/mol. The first-order valence-corrected chi connectivity index (χ1v) is 6.38. The van der Waals surface area contributed by atoms with Gasteiger partial charge in [0.2, 0.25) is 0 Å². The molecule has 0 spiro atoms. The Bertz CT molecular complexity index is 259. The highest BCUT2D eigenvalue weighted by Gasteiger charge is 2.49. The molecule has 1 amide bonds. The Morgan fingerprint density at radius 1 is 1.31 bits per heavy atom. The molecule has 3 atom stereocenters. The lowest BCUT2D eigenvalue weighted by Crippen LogP contribution is -2.24. The van der Waals surface area contributed by atoms with E-state index in [0.29, 0.717) is 19.1 Å². The van der Waals surface area contributed by atoms with Crippen molar-refractivity contribution in [1.82, 2.24) is 5.32 Å². The Hall–Kier alpha value is -0.990. The highest BCUT2D eigenvalue weighted by atomic mass is 16.5. The maximum absolute atomic E-state index is 11.2. The molecule has 1 N–H and O–H groups in total. The Labute approximate surface area is 97.2 Å². The maximum atomic E-state index is 11.2. The van der Waals surface area contributed by atoms with E-state index >= 15 is 0 Å². The van der Waals surface area contributed by atoms with E-state index in [4.69, 9.17) is 4.74 Å². The summed E-state index contributed by atoms with van der Waals surface area (Å²) in [6, 6.07) is 0. The van der Waals surface area contributed by atoms with Crippen molar-refractivity contribution in [3.05, 3.63) is 12.2 Å². The van der Waals surface area contributed by atoms with Gasteiger partial charge >= 0.3 is 6.09 Å². The number of amides is 1. The molecule has 90 valence electrons. The predicted octanol–water partition coefficient (Wildman–Crippen LogP) is 2.72. The van der Waals surface area contributed by atoms with Crippen LogP contribution in [0, 0.1) is 17.8 Å². The minimum atomic E-state index is -0.264. The van der Waals surface area contributed by atoms with Gasteiger partial charge in [0.15, 0.2) is 0 Å². The van der Waals surface area contributed by atoms with Crippen LogP contribution >= 0.6 is 0 Å². The number of fused-ring (bicyclic) bond motifs is 1. The molecule has 0 unspecified atom stereocenters. The van der Waals surface area contributed by atoms with E-state index in [1.54, 1.807) is 0 Å². The Morgan fingerprint density at radius 3 is 2.50 bits per heavy atom. The van der Waals surface area contributed by atoms with Gasteiger partial charge in [0.05, 0.1) is 6.61 Å². The summed E-state index contributed by atoms with van der Waals surface area (Å²) in [5, 5.41) is 2.66. The van der Waals surface area contributed by atoms with Crippen LogP contribution in [-0.2, 0) is 4.74 Å². The topological polar surface area (TPSA) is 38.3 Å². The number of hydrogen-bond donors (Lipinski definition) is 1. The quantitative estimate of drug-likeness (QED) is 0.747. The lowest BCUT2D eigenvalue weighted by molar-refractivity contribution is 0.138. The Kier molecular flexibility index (Phi) is 3.86. The molecule has 1 fully saturated rings. The summed E-state index contributed by atoms with van der Waals surface area (Å²) in [5.74, 6) is 2.24. The summed E-state index contributed by atoms with van der Waals surface area (Å²) in [7, 11) is 0. The number of alkyl carbamates (subject to hydrolysis) is 1. The summed E-state index contributed by atoms with van der Waals surface area (Å²) in [5.41, 5.74) is 0. The van der Waals surface area contributed by atoms with Crippen LogP contribution in [0.5, 0.6) is 0 Å². The lowest BCUT2D eigenvalue weighted by atomic mass is 10.1. The average molecular weight is 223 g/mol. The van der Waals surface area contributed by atoms with Gasteiger partial charge in [-0.2, -0.15) is 0 Å². The van der Waals surface area contributed by atoms with E-state index in [1.165, 1.54) is 25.7 Å². The second kappa shape index (κ2) is 5.37. The fourth-order valence-electron chi connectivity index (χ4n) is 2.81. The van der Waals surface area contributed by atoms with Crippen molar-refractivity contribution < 1.29 is 9.53 Å². The van der Waals surface area contributed by atoms with Crippen LogP contribution in [0.4, 0.5) is 4.79 Å². The molecule has 0 aromatic heterocycles. The molecule has 2 aliphatic carbocycles. The second-order valence-electron chi connectivity index (χ2n) is 4.75. The zero-order valence-corrected chi connectivity index (χ0v) is 9.95. The fraction of sp³-hybridized carbons (Fsp3) is 0.769. The minimum absolute atomic E-state index is 0.264. The van der Waals surface area contributed by atoms with Crippen LogP contribution in [0.25, 0.3) is 0 Å². The van der Waals surface area contributed by atoms with Crippen molar-refractivity contribution in [2.45, 2.75) is 32.6 Å². The fourth-order valence-corrected chi connectivity index (χ4v) is 2.81. The van der Waals surface area contributed by atoms with E-state index in [-0.39, 0.29) is 6.09 Å². The maximum Gasteiger partial charge on any atom is 0.407 e.